The first-order chi connectivity index (χ1) is 25.9. The van der Waals surface area contributed by atoms with E-state index in [9.17, 15) is 24.6 Å². The summed E-state index contributed by atoms with van der Waals surface area (Å²) >= 11 is 0. The molecule has 0 aliphatic heterocycles. The summed E-state index contributed by atoms with van der Waals surface area (Å²) in [7, 11) is 0. The molecule has 8 heteroatoms. The zero-order valence-electron chi connectivity index (χ0n) is 28.9. The summed E-state index contributed by atoms with van der Waals surface area (Å²) in [4.78, 5) is 43.4. The summed E-state index contributed by atoms with van der Waals surface area (Å²) in [6.07, 6.45) is -1.78. The van der Waals surface area contributed by atoms with E-state index in [-0.39, 0.29) is 19.1 Å². The minimum Gasteiger partial charge on any atom is -0.465 e. The molecule has 0 aromatic heterocycles. The third-order valence-electron chi connectivity index (χ3n) is 10.00. The van der Waals surface area contributed by atoms with Crippen molar-refractivity contribution in [2.24, 2.45) is 0 Å². The van der Waals surface area contributed by atoms with Gasteiger partial charge in [0.15, 0.2) is 0 Å². The number of nitrogens with zero attached hydrogens (tertiary/aromatic N) is 1. The number of aliphatic hydroxyl groups is 1. The second-order valence-electron chi connectivity index (χ2n) is 13.1. The zero-order valence-corrected chi connectivity index (χ0v) is 28.9. The maximum Gasteiger partial charge on any atom is 0.408 e. The lowest BCUT2D eigenvalue weighted by atomic mass is 9.77. The molecule has 0 spiro atoms. The molecule has 1 aliphatic rings. The first-order valence-corrected chi connectivity index (χ1v) is 17.5. The molecule has 0 bridgehead atoms. The molecule has 0 saturated carbocycles. The minimum absolute atomic E-state index is 0.0562. The molecule has 1 aliphatic carbocycles. The van der Waals surface area contributed by atoms with Crippen molar-refractivity contribution < 1.29 is 24.6 Å². The highest BCUT2D eigenvalue weighted by Crippen LogP contribution is 2.45. The lowest BCUT2D eigenvalue weighted by Gasteiger charge is -2.38. The van der Waals surface area contributed by atoms with Crippen molar-refractivity contribution in [3.05, 3.63) is 197 Å². The Morgan fingerprint density at radius 1 is 0.623 bits per heavy atom. The number of amides is 3. The van der Waals surface area contributed by atoms with Crippen molar-refractivity contribution in [2.45, 2.75) is 30.5 Å². The topological polar surface area (TPSA) is 119 Å². The van der Waals surface area contributed by atoms with Crippen molar-refractivity contribution in [1.29, 1.82) is 0 Å². The number of anilines is 1. The standard InChI is InChI=1S/C45H39N3O5/c49-30-31-24-26-35(27-25-31)46-43(51)41(48(44(52)53)29-40-38-22-12-10-20-36(38)37-21-11-13-23-39(37)40)28-42(50)47-45(32-14-4-1-5-15-32,33-16-6-2-7-17-33)34-18-8-3-9-19-34/h1-27,40-41,49H,28-30H2,(H,46,51)(H,47,50)(H,52,53)/t41-/m0/s1. The number of fused-ring (bicyclic) bond motifs is 3. The summed E-state index contributed by atoms with van der Waals surface area (Å²) in [5, 5.41) is 26.5. The van der Waals surface area contributed by atoms with Crippen LogP contribution in [0.3, 0.4) is 0 Å². The lowest BCUT2D eigenvalue weighted by molar-refractivity contribution is -0.128. The number of carboxylic acid groups (broad SMARTS) is 1. The van der Waals surface area contributed by atoms with Crippen molar-refractivity contribution in [2.75, 3.05) is 11.9 Å². The average Bonchev–Trinajstić information content (AvgIpc) is 3.52. The summed E-state index contributed by atoms with van der Waals surface area (Å²) in [5.74, 6) is -1.53. The fourth-order valence-electron chi connectivity index (χ4n) is 7.47. The van der Waals surface area contributed by atoms with E-state index in [1.165, 1.54) is 0 Å². The van der Waals surface area contributed by atoms with E-state index in [0.717, 1.165) is 43.8 Å². The monoisotopic (exact) mass is 701 g/mol. The van der Waals surface area contributed by atoms with Crippen molar-refractivity contribution in [3.63, 3.8) is 0 Å². The number of carbonyl (C=O) groups excluding carboxylic acids is 2. The van der Waals surface area contributed by atoms with Crippen LogP contribution < -0.4 is 10.6 Å². The Hall–Kier alpha value is -6.51. The van der Waals surface area contributed by atoms with Gasteiger partial charge in [0.05, 0.1) is 13.0 Å². The first kappa shape index (κ1) is 34.9. The number of hydrogen-bond acceptors (Lipinski definition) is 4. The van der Waals surface area contributed by atoms with Gasteiger partial charge in [-0.25, -0.2) is 4.79 Å². The van der Waals surface area contributed by atoms with E-state index in [2.05, 4.69) is 10.6 Å². The summed E-state index contributed by atoms with van der Waals surface area (Å²) in [5.41, 5.74) is 6.23. The van der Waals surface area contributed by atoms with Crippen molar-refractivity contribution in [3.8, 4) is 11.1 Å². The molecule has 8 nitrogen and oxygen atoms in total. The van der Waals surface area contributed by atoms with Gasteiger partial charge >= 0.3 is 6.09 Å². The van der Waals surface area contributed by atoms with Crippen LogP contribution in [-0.4, -0.2) is 45.6 Å². The molecule has 53 heavy (non-hydrogen) atoms. The predicted octanol–water partition coefficient (Wildman–Crippen LogP) is 7.78. The Morgan fingerprint density at radius 3 is 1.53 bits per heavy atom. The maximum atomic E-state index is 14.7. The van der Waals surface area contributed by atoms with Crippen LogP contribution in [0, 0.1) is 0 Å². The van der Waals surface area contributed by atoms with Gasteiger partial charge in [-0.1, -0.05) is 152 Å². The molecule has 3 amide bonds. The van der Waals surface area contributed by atoms with Gasteiger partial charge < -0.3 is 20.8 Å². The lowest BCUT2D eigenvalue weighted by Crippen LogP contribution is -2.53. The first-order valence-electron chi connectivity index (χ1n) is 17.5. The Bertz CT molecular complexity index is 2070. The average molecular weight is 702 g/mol. The molecule has 264 valence electrons. The normalized spacial score (nSPS) is 12.6. The smallest absolute Gasteiger partial charge is 0.408 e. The van der Waals surface area contributed by atoms with E-state index in [0.29, 0.717) is 11.3 Å². The largest absolute Gasteiger partial charge is 0.465 e. The quantitative estimate of drug-likeness (QED) is 0.0973. The van der Waals surface area contributed by atoms with Crippen LogP contribution in [0.15, 0.2) is 164 Å². The molecular weight excluding hydrogens is 663 g/mol. The predicted molar refractivity (Wildman–Crippen MR) is 205 cm³/mol. The van der Waals surface area contributed by atoms with Gasteiger partial charge in [-0.3, -0.25) is 14.5 Å². The van der Waals surface area contributed by atoms with Crippen LogP contribution in [0.5, 0.6) is 0 Å². The highest BCUT2D eigenvalue weighted by molar-refractivity contribution is 5.99. The maximum absolute atomic E-state index is 14.7. The van der Waals surface area contributed by atoms with Crippen LogP contribution in [-0.2, 0) is 21.7 Å². The van der Waals surface area contributed by atoms with Gasteiger partial charge in [0.1, 0.15) is 11.6 Å². The molecule has 6 aromatic carbocycles. The SMILES string of the molecule is O=C(C[C@@H](C(=O)Nc1ccc(CO)cc1)N(CC1c2ccccc2-c2ccccc21)C(=O)O)NC(c1ccccc1)(c1ccccc1)c1ccccc1. The van der Waals surface area contributed by atoms with Crippen LogP contribution in [0.25, 0.3) is 11.1 Å². The summed E-state index contributed by atoms with van der Waals surface area (Å²) < 4.78 is 0. The van der Waals surface area contributed by atoms with Crippen LogP contribution in [0.4, 0.5) is 10.5 Å². The van der Waals surface area contributed by atoms with Gasteiger partial charge in [-0.15, -0.1) is 0 Å². The number of nitrogens with one attached hydrogen (secondary N) is 2. The summed E-state index contributed by atoms with van der Waals surface area (Å²) in [6, 6.07) is 49.8. The van der Waals surface area contributed by atoms with E-state index in [1.807, 2.05) is 140 Å². The number of rotatable bonds is 12. The number of hydrogen-bond donors (Lipinski definition) is 4. The van der Waals surface area contributed by atoms with Crippen molar-refractivity contribution >= 4 is 23.6 Å². The molecule has 0 saturated heterocycles. The number of carbonyl (C=O) groups is 3. The van der Waals surface area contributed by atoms with Gasteiger partial charge in [0, 0.05) is 18.2 Å². The van der Waals surface area contributed by atoms with Crippen LogP contribution >= 0.6 is 0 Å². The highest BCUT2D eigenvalue weighted by atomic mass is 16.4. The van der Waals surface area contributed by atoms with Crippen LogP contribution in [0.2, 0.25) is 0 Å². The van der Waals surface area contributed by atoms with Crippen LogP contribution in [0.1, 0.15) is 45.7 Å². The second-order valence-corrected chi connectivity index (χ2v) is 13.1. The van der Waals surface area contributed by atoms with Crippen molar-refractivity contribution in [1.82, 2.24) is 10.2 Å². The van der Waals surface area contributed by atoms with Gasteiger partial charge in [0.2, 0.25) is 11.8 Å². The molecule has 0 heterocycles. The molecule has 0 unspecified atom stereocenters. The molecule has 4 N–H and O–H groups in total. The minimum atomic E-state index is -1.41. The number of aliphatic hydroxyl groups excluding tert-OH is 1. The Balaban J connectivity index is 1.29. The number of benzene rings is 6. The molecule has 0 fully saturated rings. The summed E-state index contributed by atoms with van der Waals surface area (Å²) in [6.45, 7) is -0.223. The van der Waals surface area contributed by atoms with E-state index in [4.69, 9.17) is 0 Å². The van der Waals surface area contributed by atoms with Gasteiger partial charge in [0.25, 0.3) is 0 Å². The Morgan fingerprint density at radius 2 is 1.08 bits per heavy atom. The fraction of sp³-hybridized carbons (Fsp3) is 0.133. The third-order valence-corrected chi connectivity index (χ3v) is 10.00. The Kier molecular flexibility index (Phi) is 10.1. The third kappa shape index (κ3) is 7.05. The highest BCUT2D eigenvalue weighted by Gasteiger charge is 2.41. The van der Waals surface area contributed by atoms with Gasteiger partial charge in [-0.2, -0.15) is 0 Å². The van der Waals surface area contributed by atoms with E-state index in [1.54, 1.807) is 24.3 Å². The molecular formula is C45H39N3O5. The van der Waals surface area contributed by atoms with E-state index < -0.39 is 35.9 Å². The van der Waals surface area contributed by atoms with E-state index >= 15 is 0 Å². The molecule has 1 atom stereocenters. The molecule has 0 radical (unpaired) electrons. The second kappa shape index (κ2) is 15.4. The Labute approximate surface area is 308 Å². The van der Waals surface area contributed by atoms with Gasteiger partial charge in [-0.05, 0) is 56.6 Å². The molecule has 7 rings (SSSR count). The fourth-order valence-corrected chi connectivity index (χ4v) is 7.47. The zero-order chi connectivity index (χ0) is 36.8. The molecule has 6 aromatic rings.